The van der Waals surface area contributed by atoms with Crippen LogP contribution >= 0.6 is 0 Å². The number of ether oxygens (including phenoxy) is 2. The number of para-hydroxylation sites is 1. The van der Waals surface area contributed by atoms with E-state index in [1.165, 1.54) is 0 Å². The van der Waals surface area contributed by atoms with Gasteiger partial charge in [0.15, 0.2) is 11.5 Å². The summed E-state index contributed by atoms with van der Waals surface area (Å²) in [4.78, 5) is 13.8. The molecule has 0 aliphatic carbocycles. The van der Waals surface area contributed by atoms with Crippen molar-refractivity contribution >= 4 is 5.91 Å². The first-order valence-corrected chi connectivity index (χ1v) is 6.33. The smallest absolute Gasteiger partial charge is 0.228 e. The van der Waals surface area contributed by atoms with Crippen molar-refractivity contribution in [1.29, 1.82) is 0 Å². The van der Waals surface area contributed by atoms with Gasteiger partial charge in [-0.25, -0.2) is 0 Å². The van der Waals surface area contributed by atoms with Gasteiger partial charge in [-0.2, -0.15) is 0 Å². The second-order valence-corrected chi connectivity index (χ2v) is 4.70. The highest BCUT2D eigenvalue weighted by Crippen LogP contribution is 2.31. The SMILES string of the molecule is COc1cccc(CN(C)C(=O)C2CNC2)c1OC. The van der Waals surface area contributed by atoms with Crippen LogP contribution in [-0.4, -0.2) is 45.2 Å². The van der Waals surface area contributed by atoms with Crippen molar-refractivity contribution < 1.29 is 14.3 Å². The van der Waals surface area contributed by atoms with Crippen molar-refractivity contribution in [3.8, 4) is 11.5 Å². The van der Waals surface area contributed by atoms with E-state index < -0.39 is 0 Å². The Morgan fingerprint density at radius 3 is 2.63 bits per heavy atom. The van der Waals surface area contributed by atoms with Crippen LogP contribution in [0.5, 0.6) is 11.5 Å². The van der Waals surface area contributed by atoms with E-state index in [1.807, 2.05) is 25.2 Å². The fourth-order valence-corrected chi connectivity index (χ4v) is 2.19. The molecule has 2 rings (SSSR count). The van der Waals surface area contributed by atoms with E-state index in [4.69, 9.17) is 9.47 Å². The third kappa shape index (κ3) is 2.81. The van der Waals surface area contributed by atoms with E-state index in [0.29, 0.717) is 18.0 Å². The van der Waals surface area contributed by atoms with E-state index in [0.717, 1.165) is 18.7 Å². The summed E-state index contributed by atoms with van der Waals surface area (Å²) < 4.78 is 10.6. The molecule has 5 heteroatoms. The molecule has 5 nitrogen and oxygen atoms in total. The molecule has 1 aromatic carbocycles. The number of amides is 1. The summed E-state index contributed by atoms with van der Waals surface area (Å²) in [6.07, 6.45) is 0. The summed E-state index contributed by atoms with van der Waals surface area (Å²) in [5, 5.41) is 3.11. The van der Waals surface area contributed by atoms with Crippen molar-refractivity contribution in [2.75, 3.05) is 34.4 Å². The maximum Gasteiger partial charge on any atom is 0.228 e. The Balaban J connectivity index is 2.11. The molecule has 0 radical (unpaired) electrons. The van der Waals surface area contributed by atoms with E-state index in [1.54, 1.807) is 19.1 Å². The van der Waals surface area contributed by atoms with Crippen LogP contribution in [0.1, 0.15) is 5.56 Å². The predicted molar refractivity (Wildman–Crippen MR) is 72.4 cm³/mol. The summed E-state index contributed by atoms with van der Waals surface area (Å²) in [7, 11) is 5.04. The molecule has 1 amide bonds. The Morgan fingerprint density at radius 1 is 1.37 bits per heavy atom. The molecule has 1 aliphatic heterocycles. The molecule has 1 aromatic rings. The first-order valence-electron chi connectivity index (χ1n) is 6.33. The van der Waals surface area contributed by atoms with Crippen molar-refractivity contribution in [2.24, 2.45) is 5.92 Å². The Kier molecular flexibility index (Phi) is 4.27. The minimum absolute atomic E-state index is 0.113. The topological polar surface area (TPSA) is 50.8 Å². The van der Waals surface area contributed by atoms with Gasteiger partial charge in [0.05, 0.1) is 20.1 Å². The molecule has 0 bridgehead atoms. The van der Waals surface area contributed by atoms with Crippen molar-refractivity contribution in [3.05, 3.63) is 23.8 Å². The highest BCUT2D eigenvalue weighted by atomic mass is 16.5. The summed E-state index contributed by atoms with van der Waals surface area (Å²) in [5.41, 5.74) is 0.949. The van der Waals surface area contributed by atoms with Gasteiger partial charge in [-0.3, -0.25) is 4.79 Å². The van der Waals surface area contributed by atoms with Gasteiger partial charge in [-0.05, 0) is 6.07 Å². The second-order valence-electron chi connectivity index (χ2n) is 4.70. The first kappa shape index (κ1) is 13.7. The highest BCUT2D eigenvalue weighted by molar-refractivity contribution is 5.80. The summed E-state index contributed by atoms with van der Waals surface area (Å²) >= 11 is 0. The molecule has 0 atom stereocenters. The number of hydrogen-bond donors (Lipinski definition) is 1. The lowest BCUT2D eigenvalue weighted by molar-refractivity contribution is -0.136. The molecule has 1 fully saturated rings. The van der Waals surface area contributed by atoms with Crippen molar-refractivity contribution in [1.82, 2.24) is 10.2 Å². The monoisotopic (exact) mass is 264 g/mol. The lowest BCUT2D eigenvalue weighted by Gasteiger charge is -2.30. The quantitative estimate of drug-likeness (QED) is 0.858. The van der Waals surface area contributed by atoms with E-state index in [9.17, 15) is 4.79 Å². The minimum Gasteiger partial charge on any atom is -0.493 e. The Hall–Kier alpha value is -1.75. The molecular weight excluding hydrogens is 244 g/mol. The molecule has 1 N–H and O–H groups in total. The number of nitrogens with zero attached hydrogens (tertiary/aromatic N) is 1. The zero-order valence-electron chi connectivity index (χ0n) is 11.6. The molecule has 1 saturated heterocycles. The first-order chi connectivity index (χ1) is 9.17. The van der Waals surface area contributed by atoms with Gasteiger partial charge >= 0.3 is 0 Å². The standard InChI is InChI=1S/C14H20N2O3/c1-16(14(17)11-7-15-8-11)9-10-5-4-6-12(18-2)13(10)19-3/h4-6,11,15H,7-9H2,1-3H3. The third-order valence-electron chi connectivity index (χ3n) is 3.40. The van der Waals surface area contributed by atoms with Gasteiger partial charge in [0.1, 0.15) is 0 Å². The van der Waals surface area contributed by atoms with Crippen LogP contribution < -0.4 is 14.8 Å². The molecular formula is C14H20N2O3. The third-order valence-corrected chi connectivity index (χ3v) is 3.40. The predicted octanol–water partition coefficient (Wildman–Crippen LogP) is 0.882. The van der Waals surface area contributed by atoms with Crippen LogP contribution in [0.2, 0.25) is 0 Å². The van der Waals surface area contributed by atoms with Crippen LogP contribution in [0, 0.1) is 5.92 Å². The van der Waals surface area contributed by atoms with E-state index in [-0.39, 0.29) is 11.8 Å². The average molecular weight is 264 g/mol. The van der Waals surface area contributed by atoms with E-state index >= 15 is 0 Å². The highest BCUT2D eigenvalue weighted by Gasteiger charge is 2.28. The molecule has 1 heterocycles. The van der Waals surface area contributed by atoms with Gasteiger partial charge in [0.25, 0.3) is 0 Å². The zero-order valence-corrected chi connectivity index (χ0v) is 11.6. The van der Waals surface area contributed by atoms with Gasteiger partial charge in [-0.15, -0.1) is 0 Å². The van der Waals surface area contributed by atoms with Gasteiger partial charge in [0, 0.05) is 32.2 Å². The molecule has 0 saturated carbocycles. The van der Waals surface area contributed by atoms with Crippen LogP contribution in [0.15, 0.2) is 18.2 Å². The maximum absolute atomic E-state index is 12.1. The molecule has 19 heavy (non-hydrogen) atoms. The lowest BCUT2D eigenvalue weighted by atomic mass is 10.0. The van der Waals surface area contributed by atoms with Gasteiger partial charge < -0.3 is 19.7 Å². The summed E-state index contributed by atoms with van der Waals surface area (Å²) in [6.45, 7) is 2.08. The minimum atomic E-state index is 0.113. The number of nitrogens with one attached hydrogen (secondary N) is 1. The van der Waals surface area contributed by atoms with Gasteiger partial charge in [-0.1, -0.05) is 12.1 Å². The number of rotatable bonds is 5. The molecule has 0 unspecified atom stereocenters. The molecule has 104 valence electrons. The van der Waals surface area contributed by atoms with E-state index in [2.05, 4.69) is 5.32 Å². The molecule has 0 spiro atoms. The maximum atomic E-state index is 12.1. The number of carbonyl (C=O) groups excluding carboxylic acids is 1. The van der Waals surface area contributed by atoms with Crippen LogP contribution in [0.4, 0.5) is 0 Å². The van der Waals surface area contributed by atoms with Crippen LogP contribution in [0.25, 0.3) is 0 Å². The Labute approximate surface area is 113 Å². The number of methoxy groups -OCH3 is 2. The number of carbonyl (C=O) groups is 1. The lowest BCUT2D eigenvalue weighted by Crippen LogP contribution is -2.51. The molecule has 0 aromatic heterocycles. The summed E-state index contributed by atoms with van der Waals surface area (Å²) in [5.74, 6) is 1.66. The normalized spacial score (nSPS) is 14.7. The number of hydrogen-bond acceptors (Lipinski definition) is 4. The second kappa shape index (κ2) is 5.93. The fraction of sp³-hybridized carbons (Fsp3) is 0.500. The Bertz CT molecular complexity index is 458. The van der Waals surface area contributed by atoms with Gasteiger partial charge in [0.2, 0.25) is 5.91 Å². The Morgan fingerprint density at radius 2 is 2.11 bits per heavy atom. The zero-order chi connectivity index (χ0) is 13.8. The van der Waals surface area contributed by atoms with Crippen molar-refractivity contribution in [2.45, 2.75) is 6.54 Å². The fourth-order valence-electron chi connectivity index (χ4n) is 2.19. The summed E-state index contributed by atoms with van der Waals surface area (Å²) in [6, 6.07) is 5.70. The van der Waals surface area contributed by atoms with Crippen LogP contribution in [0.3, 0.4) is 0 Å². The molecule has 1 aliphatic rings. The largest absolute Gasteiger partial charge is 0.493 e. The number of benzene rings is 1. The van der Waals surface area contributed by atoms with Crippen molar-refractivity contribution in [3.63, 3.8) is 0 Å². The average Bonchev–Trinajstić information content (AvgIpc) is 2.36. The van der Waals surface area contributed by atoms with Crippen LogP contribution in [-0.2, 0) is 11.3 Å².